The first-order valence-corrected chi connectivity index (χ1v) is 9.71. The maximum absolute atomic E-state index is 14.9. The Bertz CT molecular complexity index is 1230. The molecule has 30 heavy (non-hydrogen) atoms. The lowest BCUT2D eigenvalue weighted by molar-refractivity contribution is 0.0746. The molecule has 2 heterocycles. The summed E-state index contributed by atoms with van der Waals surface area (Å²) in [5.74, 6) is -0.370. The predicted molar refractivity (Wildman–Crippen MR) is 112 cm³/mol. The van der Waals surface area contributed by atoms with Gasteiger partial charge in [-0.2, -0.15) is 0 Å². The minimum Gasteiger partial charge on any atom is -0.493 e. The molecule has 0 atom stereocenters. The molecule has 0 aliphatic carbocycles. The standard InChI is InChI=1S/C24H22F2N2O2/c1-4-30-21-8-6-5-7-16(21)17-13-15(9-10-19(17)25)20-14-27-23-22(26)18(24(2,3)29)11-12-28(20)23/h5-14,29H,4H2,1-3H3. The van der Waals surface area contributed by atoms with Crippen molar-refractivity contribution >= 4 is 5.65 Å². The summed E-state index contributed by atoms with van der Waals surface area (Å²) in [4.78, 5) is 4.20. The van der Waals surface area contributed by atoms with Crippen LogP contribution >= 0.6 is 0 Å². The van der Waals surface area contributed by atoms with Gasteiger partial charge in [-0.15, -0.1) is 0 Å². The van der Waals surface area contributed by atoms with Crippen LogP contribution in [-0.2, 0) is 5.60 Å². The molecule has 2 aromatic carbocycles. The third-order valence-corrected chi connectivity index (χ3v) is 5.02. The molecule has 0 amide bonds. The smallest absolute Gasteiger partial charge is 0.174 e. The second kappa shape index (κ2) is 7.54. The van der Waals surface area contributed by atoms with Crippen LogP contribution in [0.15, 0.2) is 60.9 Å². The second-order valence-electron chi connectivity index (χ2n) is 7.56. The minimum atomic E-state index is -1.33. The van der Waals surface area contributed by atoms with E-state index in [4.69, 9.17) is 4.74 Å². The van der Waals surface area contributed by atoms with E-state index in [-0.39, 0.29) is 17.0 Å². The van der Waals surface area contributed by atoms with E-state index in [2.05, 4.69) is 4.98 Å². The number of pyridine rings is 1. The van der Waals surface area contributed by atoms with E-state index < -0.39 is 11.4 Å². The zero-order valence-electron chi connectivity index (χ0n) is 17.0. The van der Waals surface area contributed by atoms with E-state index in [0.717, 1.165) is 0 Å². The number of benzene rings is 2. The summed E-state index contributed by atoms with van der Waals surface area (Å²) in [5, 5.41) is 10.2. The largest absolute Gasteiger partial charge is 0.493 e. The van der Waals surface area contributed by atoms with Crippen LogP contribution < -0.4 is 4.74 Å². The third-order valence-electron chi connectivity index (χ3n) is 5.02. The van der Waals surface area contributed by atoms with E-state index in [0.29, 0.717) is 34.7 Å². The van der Waals surface area contributed by atoms with E-state index in [1.807, 2.05) is 19.1 Å². The predicted octanol–water partition coefficient (Wildman–Crippen LogP) is 5.57. The molecule has 4 rings (SSSR count). The zero-order chi connectivity index (χ0) is 21.5. The number of fused-ring (bicyclic) bond motifs is 1. The molecule has 0 aliphatic heterocycles. The Morgan fingerprint density at radius 3 is 2.57 bits per heavy atom. The lowest BCUT2D eigenvalue weighted by atomic mass is 9.99. The Hall–Kier alpha value is -3.25. The molecule has 0 aliphatic rings. The van der Waals surface area contributed by atoms with Crippen LogP contribution in [0.25, 0.3) is 28.0 Å². The van der Waals surface area contributed by atoms with Gasteiger partial charge in [-0.05, 0) is 51.1 Å². The normalized spacial score (nSPS) is 11.8. The average molecular weight is 408 g/mol. The first-order valence-electron chi connectivity index (χ1n) is 9.71. The topological polar surface area (TPSA) is 46.8 Å². The van der Waals surface area contributed by atoms with Crippen LogP contribution in [0.2, 0.25) is 0 Å². The number of para-hydroxylation sites is 1. The van der Waals surface area contributed by atoms with Crippen molar-refractivity contribution in [1.29, 1.82) is 0 Å². The maximum Gasteiger partial charge on any atom is 0.174 e. The summed E-state index contributed by atoms with van der Waals surface area (Å²) >= 11 is 0. The van der Waals surface area contributed by atoms with Crippen molar-refractivity contribution in [2.45, 2.75) is 26.4 Å². The van der Waals surface area contributed by atoms with Gasteiger partial charge in [0.15, 0.2) is 11.5 Å². The summed E-state index contributed by atoms with van der Waals surface area (Å²) in [6.07, 6.45) is 3.20. The molecule has 0 saturated heterocycles. The zero-order valence-corrected chi connectivity index (χ0v) is 17.0. The highest BCUT2D eigenvalue weighted by atomic mass is 19.1. The van der Waals surface area contributed by atoms with Crippen LogP contribution in [0.1, 0.15) is 26.3 Å². The molecule has 0 fully saturated rings. The summed E-state index contributed by atoms with van der Waals surface area (Å²) in [5.41, 5.74) is 1.26. The highest BCUT2D eigenvalue weighted by Gasteiger charge is 2.24. The molecule has 0 radical (unpaired) electrons. The fourth-order valence-electron chi connectivity index (χ4n) is 3.56. The van der Waals surface area contributed by atoms with E-state index >= 15 is 0 Å². The van der Waals surface area contributed by atoms with Crippen molar-refractivity contribution < 1.29 is 18.6 Å². The molecule has 154 valence electrons. The molecule has 2 aromatic heterocycles. The molecule has 4 nitrogen and oxygen atoms in total. The molecule has 0 saturated carbocycles. The van der Waals surface area contributed by atoms with Gasteiger partial charge in [0.1, 0.15) is 11.6 Å². The van der Waals surface area contributed by atoms with E-state index in [1.165, 1.54) is 32.2 Å². The van der Waals surface area contributed by atoms with E-state index in [1.54, 1.807) is 34.9 Å². The number of ether oxygens (including phenoxy) is 1. The Morgan fingerprint density at radius 2 is 1.83 bits per heavy atom. The molecule has 0 spiro atoms. The first kappa shape index (κ1) is 20.0. The number of hydrogen-bond donors (Lipinski definition) is 1. The van der Waals surface area contributed by atoms with Crippen molar-refractivity contribution in [2.75, 3.05) is 6.61 Å². The van der Waals surface area contributed by atoms with Crippen LogP contribution in [0, 0.1) is 11.6 Å². The molecular formula is C24H22F2N2O2. The first-order chi connectivity index (χ1) is 14.3. The second-order valence-corrected chi connectivity index (χ2v) is 7.56. The number of aromatic nitrogens is 2. The van der Waals surface area contributed by atoms with Crippen LogP contribution in [0.5, 0.6) is 5.75 Å². The SMILES string of the molecule is CCOc1ccccc1-c1cc(-c2cnc3c(F)c(C(C)(C)O)ccn23)ccc1F. The Kier molecular flexibility index (Phi) is 5.03. The van der Waals surface area contributed by atoms with Gasteiger partial charge in [0.05, 0.1) is 24.1 Å². The van der Waals surface area contributed by atoms with E-state index in [9.17, 15) is 13.9 Å². The van der Waals surface area contributed by atoms with Crippen molar-refractivity contribution in [1.82, 2.24) is 9.38 Å². The Balaban J connectivity index is 1.86. The van der Waals surface area contributed by atoms with Crippen LogP contribution in [0.4, 0.5) is 8.78 Å². The Morgan fingerprint density at radius 1 is 1.07 bits per heavy atom. The summed E-state index contributed by atoms with van der Waals surface area (Å²) in [6.45, 7) is 5.38. The average Bonchev–Trinajstić information content (AvgIpc) is 3.14. The van der Waals surface area contributed by atoms with Gasteiger partial charge < -0.3 is 9.84 Å². The van der Waals surface area contributed by atoms with Gasteiger partial charge in [0, 0.05) is 28.5 Å². The molecule has 4 aromatic rings. The number of hydrogen-bond acceptors (Lipinski definition) is 3. The van der Waals surface area contributed by atoms with Crippen molar-refractivity contribution in [3.05, 3.63) is 78.1 Å². The number of aliphatic hydroxyl groups is 1. The minimum absolute atomic E-state index is 0.102. The maximum atomic E-state index is 14.9. The number of imidazole rings is 1. The highest BCUT2D eigenvalue weighted by Crippen LogP contribution is 2.35. The lowest BCUT2D eigenvalue weighted by Gasteiger charge is -2.18. The quantitative estimate of drug-likeness (QED) is 0.469. The summed E-state index contributed by atoms with van der Waals surface area (Å²) < 4.78 is 36.9. The van der Waals surface area contributed by atoms with Gasteiger partial charge in [-0.25, -0.2) is 13.8 Å². The molecule has 0 bridgehead atoms. The van der Waals surface area contributed by atoms with Gasteiger partial charge in [0.2, 0.25) is 0 Å². The lowest BCUT2D eigenvalue weighted by Crippen LogP contribution is -2.18. The van der Waals surface area contributed by atoms with Crippen LogP contribution in [0.3, 0.4) is 0 Å². The molecule has 6 heteroatoms. The number of rotatable bonds is 5. The van der Waals surface area contributed by atoms with Crippen molar-refractivity contribution in [3.63, 3.8) is 0 Å². The monoisotopic (exact) mass is 408 g/mol. The third kappa shape index (κ3) is 3.44. The van der Waals surface area contributed by atoms with Crippen LogP contribution in [-0.4, -0.2) is 21.1 Å². The van der Waals surface area contributed by atoms with Gasteiger partial charge in [-0.3, -0.25) is 4.40 Å². The molecule has 1 N–H and O–H groups in total. The number of halogens is 2. The number of nitrogens with zero attached hydrogens (tertiary/aromatic N) is 2. The summed E-state index contributed by atoms with van der Waals surface area (Å²) in [7, 11) is 0. The van der Waals surface area contributed by atoms with Gasteiger partial charge in [0.25, 0.3) is 0 Å². The molecular weight excluding hydrogens is 386 g/mol. The van der Waals surface area contributed by atoms with Crippen molar-refractivity contribution in [2.24, 2.45) is 0 Å². The fourth-order valence-corrected chi connectivity index (χ4v) is 3.56. The molecule has 0 unspecified atom stereocenters. The van der Waals surface area contributed by atoms with Crippen molar-refractivity contribution in [3.8, 4) is 28.1 Å². The van der Waals surface area contributed by atoms with Gasteiger partial charge in [-0.1, -0.05) is 18.2 Å². The summed E-state index contributed by atoms with van der Waals surface area (Å²) in [6, 6.07) is 13.5. The van der Waals surface area contributed by atoms with Gasteiger partial charge >= 0.3 is 0 Å². The fraction of sp³-hybridized carbons (Fsp3) is 0.208. The Labute approximate surface area is 173 Å². The highest BCUT2D eigenvalue weighted by molar-refractivity contribution is 5.76.